The lowest BCUT2D eigenvalue weighted by Crippen LogP contribution is -2.15. The largest absolute Gasteiger partial charge is 0.478 e. The van der Waals surface area contributed by atoms with Crippen molar-refractivity contribution in [2.75, 3.05) is 5.75 Å². The predicted octanol–water partition coefficient (Wildman–Crippen LogP) is 3.59. The predicted molar refractivity (Wildman–Crippen MR) is 95.8 cm³/mol. The first-order valence-electron chi connectivity index (χ1n) is 7.47. The van der Waals surface area contributed by atoms with Crippen molar-refractivity contribution < 1.29 is 18.3 Å². The van der Waals surface area contributed by atoms with E-state index in [2.05, 4.69) is 6.92 Å². The Kier molecular flexibility index (Phi) is 6.04. The molecule has 0 bridgehead atoms. The summed E-state index contributed by atoms with van der Waals surface area (Å²) in [5.41, 5.74) is 1.07. The third-order valence-electron chi connectivity index (χ3n) is 3.44. The second kappa shape index (κ2) is 7.83. The molecule has 0 amide bonds. The molecule has 24 heavy (non-hydrogen) atoms. The van der Waals surface area contributed by atoms with Crippen molar-refractivity contribution in [3.63, 3.8) is 0 Å². The number of aromatic carboxylic acids is 1. The van der Waals surface area contributed by atoms with Gasteiger partial charge >= 0.3 is 5.97 Å². The van der Waals surface area contributed by atoms with Gasteiger partial charge in [-0.2, -0.15) is 0 Å². The number of thioether (sulfide) groups is 1. The number of benzene rings is 2. The minimum atomic E-state index is -4.07. The first-order chi connectivity index (χ1) is 11.3. The summed E-state index contributed by atoms with van der Waals surface area (Å²) in [4.78, 5) is 11.8. The first-order valence-corrected chi connectivity index (χ1v) is 10.00. The van der Waals surface area contributed by atoms with E-state index in [0.29, 0.717) is 16.0 Å². The van der Waals surface area contributed by atoms with Crippen molar-refractivity contribution in [1.29, 1.82) is 0 Å². The topological polar surface area (TPSA) is 97.5 Å². The fourth-order valence-corrected chi connectivity index (χ4v) is 4.37. The molecular weight excluding hydrogens is 346 g/mol. The van der Waals surface area contributed by atoms with Gasteiger partial charge in [0.15, 0.2) is 0 Å². The zero-order valence-electron chi connectivity index (χ0n) is 13.2. The molecule has 0 aliphatic rings. The van der Waals surface area contributed by atoms with Gasteiger partial charge in [-0.25, -0.2) is 18.4 Å². The number of primary sulfonamides is 1. The lowest BCUT2D eigenvalue weighted by atomic mass is 10.0. The maximum Gasteiger partial charge on any atom is 0.335 e. The highest BCUT2D eigenvalue weighted by atomic mass is 32.2. The van der Waals surface area contributed by atoms with E-state index in [1.807, 2.05) is 6.07 Å². The molecule has 128 valence electrons. The highest BCUT2D eigenvalue weighted by Crippen LogP contribution is 2.37. The van der Waals surface area contributed by atoms with Crippen molar-refractivity contribution in [1.82, 2.24) is 0 Å². The van der Waals surface area contributed by atoms with E-state index in [0.717, 1.165) is 24.7 Å². The number of carbonyl (C=O) groups is 1. The Labute approximate surface area is 145 Å². The molecule has 0 spiro atoms. The van der Waals surface area contributed by atoms with Crippen LogP contribution in [-0.2, 0) is 10.0 Å². The molecule has 0 saturated heterocycles. The number of hydrogen-bond donors (Lipinski definition) is 2. The van der Waals surface area contributed by atoms with Crippen LogP contribution in [0.4, 0.5) is 0 Å². The van der Waals surface area contributed by atoms with E-state index in [1.165, 1.54) is 17.8 Å². The Morgan fingerprint density at radius 1 is 1.21 bits per heavy atom. The number of hydrogen-bond acceptors (Lipinski definition) is 4. The van der Waals surface area contributed by atoms with E-state index in [4.69, 9.17) is 5.14 Å². The summed E-state index contributed by atoms with van der Waals surface area (Å²) >= 11 is 1.44. The molecule has 0 unspecified atom stereocenters. The van der Waals surface area contributed by atoms with Gasteiger partial charge in [-0.15, -0.1) is 11.8 Å². The van der Waals surface area contributed by atoms with E-state index in [-0.39, 0.29) is 10.5 Å². The van der Waals surface area contributed by atoms with Crippen molar-refractivity contribution in [3.8, 4) is 11.1 Å². The summed E-state index contributed by atoms with van der Waals surface area (Å²) in [6.07, 6.45) is 1.94. The van der Waals surface area contributed by atoms with Gasteiger partial charge in [-0.1, -0.05) is 43.7 Å². The van der Waals surface area contributed by atoms with E-state index in [9.17, 15) is 18.3 Å². The number of rotatable bonds is 7. The Bertz CT molecular complexity index is 833. The molecule has 0 heterocycles. The average molecular weight is 365 g/mol. The molecule has 0 aliphatic heterocycles. The van der Waals surface area contributed by atoms with Crippen molar-refractivity contribution >= 4 is 27.8 Å². The zero-order chi connectivity index (χ0) is 17.7. The fraction of sp³-hybridized carbons (Fsp3) is 0.235. The van der Waals surface area contributed by atoms with Crippen LogP contribution < -0.4 is 5.14 Å². The fourth-order valence-electron chi connectivity index (χ4n) is 2.27. The van der Waals surface area contributed by atoms with Gasteiger partial charge in [0.2, 0.25) is 10.0 Å². The lowest BCUT2D eigenvalue weighted by molar-refractivity contribution is 0.0696. The highest BCUT2D eigenvalue weighted by molar-refractivity contribution is 7.99. The lowest BCUT2D eigenvalue weighted by Gasteiger charge is -2.15. The summed E-state index contributed by atoms with van der Waals surface area (Å²) in [5, 5.41) is 14.6. The summed E-state index contributed by atoms with van der Waals surface area (Å²) < 4.78 is 24.1. The van der Waals surface area contributed by atoms with Crippen LogP contribution in [0.1, 0.15) is 30.1 Å². The second-order valence-corrected chi connectivity index (χ2v) is 7.93. The number of sulfonamides is 1. The van der Waals surface area contributed by atoms with Gasteiger partial charge in [0.25, 0.3) is 0 Å². The van der Waals surface area contributed by atoms with Crippen molar-refractivity contribution in [3.05, 3.63) is 48.0 Å². The van der Waals surface area contributed by atoms with Crippen LogP contribution in [-0.4, -0.2) is 25.2 Å². The maximum absolute atomic E-state index is 12.1. The molecule has 0 fully saturated rings. The molecular formula is C17H19NO4S2. The van der Waals surface area contributed by atoms with E-state index >= 15 is 0 Å². The van der Waals surface area contributed by atoms with Crippen molar-refractivity contribution in [2.45, 2.75) is 29.6 Å². The molecule has 0 aromatic heterocycles. The standard InChI is InChI=1S/C17H19NO4S2/c1-2-3-9-23-14-10-13(17(19)20)11-15(24(18,21)22)16(14)12-7-5-4-6-8-12/h4-8,10-11H,2-3,9H2,1H3,(H,19,20)(H2,18,21,22). The van der Waals surface area contributed by atoms with Crippen LogP contribution in [0, 0.1) is 0 Å². The molecule has 5 nitrogen and oxygen atoms in total. The smallest absolute Gasteiger partial charge is 0.335 e. The molecule has 0 saturated carbocycles. The Hall–Kier alpha value is -1.83. The van der Waals surface area contributed by atoms with Crippen molar-refractivity contribution in [2.24, 2.45) is 5.14 Å². The van der Waals surface area contributed by atoms with Gasteiger partial charge < -0.3 is 5.11 Å². The van der Waals surface area contributed by atoms with Crippen LogP contribution in [0.25, 0.3) is 11.1 Å². The third kappa shape index (κ3) is 4.37. The van der Waals surface area contributed by atoms with E-state index < -0.39 is 16.0 Å². The number of unbranched alkanes of at least 4 members (excludes halogenated alkanes) is 1. The average Bonchev–Trinajstić information content (AvgIpc) is 2.54. The van der Waals surface area contributed by atoms with Crippen LogP contribution in [0.2, 0.25) is 0 Å². The van der Waals surface area contributed by atoms with Gasteiger partial charge in [-0.05, 0) is 29.9 Å². The number of carboxylic acid groups (broad SMARTS) is 1. The molecule has 3 N–H and O–H groups in total. The maximum atomic E-state index is 12.1. The van der Waals surface area contributed by atoms with Gasteiger partial charge in [0.05, 0.1) is 10.5 Å². The Morgan fingerprint density at radius 3 is 2.42 bits per heavy atom. The minimum absolute atomic E-state index is 0.0855. The molecule has 0 atom stereocenters. The molecule has 2 rings (SSSR count). The third-order valence-corrected chi connectivity index (χ3v) is 5.50. The van der Waals surface area contributed by atoms with Gasteiger partial charge in [0, 0.05) is 10.5 Å². The molecule has 0 aliphatic carbocycles. The van der Waals surface area contributed by atoms with Gasteiger partial charge in [-0.3, -0.25) is 0 Å². The molecule has 0 radical (unpaired) electrons. The first kappa shape index (κ1) is 18.5. The normalized spacial score (nSPS) is 11.4. The van der Waals surface area contributed by atoms with Crippen LogP contribution in [0.3, 0.4) is 0 Å². The molecule has 7 heteroatoms. The van der Waals surface area contributed by atoms with Crippen LogP contribution in [0.5, 0.6) is 0 Å². The second-order valence-electron chi connectivity index (χ2n) is 5.27. The number of nitrogens with two attached hydrogens (primary N) is 1. The summed E-state index contributed by atoms with van der Waals surface area (Å²) in [6, 6.07) is 11.6. The molecule has 2 aromatic rings. The Balaban J connectivity index is 2.73. The minimum Gasteiger partial charge on any atom is -0.478 e. The Morgan fingerprint density at radius 2 is 1.88 bits per heavy atom. The highest BCUT2D eigenvalue weighted by Gasteiger charge is 2.22. The monoisotopic (exact) mass is 365 g/mol. The molecule has 2 aromatic carbocycles. The number of carboxylic acids is 1. The summed E-state index contributed by atoms with van der Waals surface area (Å²) in [7, 11) is -4.07. The van der Waals surface area contributed by atoms with Gasteiger partial charge in [0.1, 0.15) is 0 Å². The summed E-state index contributed by atoms with van der Waals surface area (Å²) in [6.45, 7) is 2.06. The zero-order valence-corrected chi connectivity index (χ0v) is 14.9. The quantitative estimate of drug-likeness (QED) is 0.577. The summed E-state index contributed by atoms with van der Waals surface area (Å²) in [5.74, 6) is -0.416. The van der Waals surface area contributed by atoms with Crippen LogP contribution >= 0.6 is 11.8 Å². The van der Waals surface area contributed by atoms with Crippen LogP contribution in [0.15, 0.2) is 52.3 Å². The SMILES string of the molecule is CCCCSc1cc(C(=O)O)cc(S(N)(=O)=O)c1-c1ccccc1. The van der Waals surface area contributed by atoms with E-state index in [1.54, 1.807) is 24.3 Å².